The quantitative estimate of drug-likeness (QED) is 0.289. The highest BCUT2D eigenvalue weighted by Gasteiger charge is 2.36. The molecule has 0 bridgehead atoms. The van der Waals surface area contributed by atoms with E-state index in [4.69, 9.17) is 4.74 Å². The first kappa shape index (κ1) is 15.3. The zero-order valence-corrected chi connectivity index (χ0v) is 11.4. The van der Waals surface area contributed by atoms with Gasteiger partial charge in [-0.2, -0.15) is 0 Å². The molecule has 0 radical (unpaired) electrons. The van der Waals surface area contributed by atoms with Gasteiger partial charge in [-0.25, -0.2) is 4.79 Å². The molecule has 4 N–H and O–H groups in total. The van der Waals surface area contributed by atoms with Crippen molar-refractivity contribution in [3.05, 3.63) is 29.8 Å². The van der Waals surface area contributed by atoms with Crippen molar-refractivity contribution in [2.24, 2.45) is 0 Å². The lowest BCUT2D eigenvalue weighted by Gasteiger charge is -2.33. The van der Waals surface area contributed by atoms with Crippen LogP contribution in [0.15, 0.2) is 24.3 Å². The minimum atomic E-state index is -1.63. The zero-order valence-electron chi connectivity index (χ0n) is 11.4. The second kappa shape index (κ2) is 6.15. The Bertz CT molecular complexity index is 553. The molecule has 1 saturated carbocycles. The summed E-state index contributed by atoms with van der Waals surface area (Å²) in [5.74, 6) is -2.91. The molecule has 0 heterocycles. The van der Waals surface area contributed by atoms with E-state index in [0.29, 0.717) is 24.8 Å². The van der Waals surface area contributed by atoms with Gasteiger partial charge in [0.15, 0.2) is 11.5 Å². The summed E-state index contributed by atoms with van der Waals surface area (Å²) < 4.78 is 4.98. The lowest BCUT2D eigenvalue weighted by Crippen LogP contribution is -2.41. The normalized spacial score (nSPS) is 25.9. The van der Waals surface area contributed by atoms with E-state index >= 15 is 0 Å². The Kier molecular flexibility index (Phi) is 4.50. The summed E-state index contributed by atoms with van der Waals surface area (Å²) >= 11 is 0. The summed E-state index contributed by atoms with van der Waals surface area (Å²) in [5.41, 5.74) is 0.498. The minimum absolute atomic E-state index is 0.00653. The van der Waals surface area contributed by atoms with Crippen LogP contribution in [0.3, 0.4) is 0 Å². The van der Waals surface area contributed by atoms with Gasteiger partial charge in [0.1, 0.15) is 0 Å². The van der Waals surface area contributed by atoms with Crippen LogP contribution in [0.5, 0.6) is 11.5 Å². The van der Waals surface area contributed by atoms with Crippen LogP contribution < -0.4 is 0 Å². The first-order valence-electron chi connectivity index (χ1n) is 6.71. The molecular formula is C15H18O6. The maximum atomic E-state index is 11.7. The van der Waals surface area contributed by atoms with Crippen molar-refractivity contribution < 1.29 is 30.0 Å². The smallest absolute Gasteiger partial charge is 0.333 e. The molecule has 0 amide bonds. The van der Waals surface area contributed by atoms with Crippen molar-refractivity contribution >= 4 is 12.0 Å². The molecule has 0 aliphatic heterocycles. The number of esters is 1. The Morgan fingerprint density at radius 3 is 2.76 bits per heavy atom. The standard InChI is InChI=1S/C15H18O6/c16-11-2-1-7-15(20,9-11)21-14(19)6-4-10-3-5-12(17)13(18)8-10/h3-6,8,11,16-18,20H,1-2,7,9H2/b6-4-. The number of rotatable bonds is 3. The largest absolute Gasteiger partial charge is 0.504 e. The average molecular weight is 294 g/mol. The van der Waals surface area contributed by atoms with Gasteiger partial charge in [0.2, 0.25) is 5.79 Å². The van der Waals surface area contributed by atoms with Crippen molar-refractivity contribution in [3.8, 4) is 11.5 Å². The Morgan fingerprint density at radius 2 is 2.10 bits per heavy atom. The Balaban J connectivity index is 1.97. The lowest BCUT2D eigenvalue weighted by atomic mass is 9.92. The molecule has 0 saturated heterocycles. The van der Waals surface area contributed by atoms with E-state index in [1.165, 1.54) is 24.3 Å². The van der Waals surface area contributed by atoms with Crippen molar-refractivity contribution in [1.29, 1.82) is 0 Å². The molecule has 114 valence electrons. The monoisotopic (exact) mass is 294 g/mol. The fourth-order valence-corrected chi connectivity index (χ4v) is 2.31. The first-order valence-corrected chi connectivity index (χ1v) is 6.71. The van der Waals surface area contributed by atoms with Crippen LogP contribution >= 0.6 is 0 Å². The Morgan fingerprint density at radius 1 is 1.33 bits per heavy atom. The highest BCUT2D eigenvalue weighted by Crippen LogP contribution is 2.30. The van der Waals surface area contributed by atoms with Crippen LogP contribution in [0.25, 0.3) is 6.08 Å². The summed E-state index contributed by atoms with van der Waals surface area (Å²) in [6.07, 6.45) is 3.31. The third kappa shape index (κ3) is 4.21. The van der Waals surface area contributed by atoms with E-state index in [9.17, 15) is 25.2 Å². The van der Waals surface area contributed by atoms with Gasteiger partial charge in [-0.05, 0) is 36.6 Å². The average Bonchev–Trinajstić information content (AvgIpc) is 2.39. The van der Waals surface area contributed by atoms with Gasteiger partial charge in [-0.15, -0.1) is 0 Å². The molecule has 2 unspecified atom stereocenters. The number of hydrogen-bond acceptors (Lipinski definition) is 6. The van der Waals surface area contributed by atoms with Gasteiger partial charge >= 0.3 is 5.97 Å². The van der Waals surface area contributed by atoms with Gasteiger partial charge in [-0.1, -0.05) is 6.07 Å². The van der Waals surface area contributed by atoms with E-state index < -0.39 is 17.9 Å². The molecule has 21 heavy (non-hydrogen) atoms. The predicted molar refractivity (Wildman–Crippen MR) is 74.3 cm³/mol. The number of phenolic OH excluding ortho intramolecular Hbond substituents is 2. The number of carbonyl (C=O) groups excluding carboxylic acids is 1. The van der Waals surface area contributed by atoms with E-state index in [1.807, 2.05) is 0 Å². The summed E-state index contributed by atoms with van der Waals surface area (Å²) in [5, 5.41) is 38.1. The van der Waals surface area contributed by atoms with Crippen LogP contribution in [0.1, 0.15) is 31.2 Å². The van der Waals surface area contributed by atoms with Gasteiger partial charge in [0.05, 0.1) is 6.10 Å². The second-order valence-electron chi connectivity index (χ2n) is 5.20. The summed E-state index contributed by atoms with van der Waals surface area (Å²) in [7, 11) is 0. The number of hydrogen-bond donors (Lipinski definition) is 4. The highest BCUT2D eigenvalue weighted by atomic mass is 16.7. The van der Waals surface area contributed by atoms with Crippen molar-refractivity contribution in [2.45, 2.75) is 37.6 Å². The molecule has 2 atom stereocenters. The lowest BCUT2D eigenvalue weighted by molar-refractivity contribution is -0.225. The van der Waals surface area contributed by atoms with Crippen LogP contribution in [-0.2, 0) is 9.53 Å². The Hall–Kier alpha value is -2.05. The first-order chi connectivity index (χ1) is 9.88. The molecule has 6 nitrogen and oxygen atoms in total. The molecule has 6 heteroatoms. The summed E-state index contributed by atoms with van der Waals surface area (Å²) in [6, 6.07) is 4.10. The SMILES string of the molecule is O=C(/C=C\c1ccc(O)c(O)c1)OC1(O)CCCC(O)C1. The summed E-state index contributed by atoms with van der Waals surface area (Å²) in [4.78, 5) is 11.7. The maximum Gasteiger partial charge on any atom is 0.333 e. The molecule has 1 aromatic rings. The second-order valence-corrected chi connectivity index (χ2v) is 5.20. The topological polar surface area (TPSA) is 107 Å². The van der Waals surface area contributed by atoms with E-state index in [0.717, 1.165) is 6.08 Å². The maximum absolute atomic E-state index is 11.7. The molecule has 0 spiro atoms. The van der Waals surface area contributed by atoms with Crippen LogP contribution in [0.2, 0.25) is 0 Å². The fraction of sp³-hybridized carbons (Fsp3) is 0.400. The fourth-order valence-electron chi connectivity index (χ4n) is 2.31. The molecule has 2 rings (SSSR count). The van der Waals surface area contributed by atoms with Crippen molar-refractivity contribution in [3.63, 3.8) is 0 Å². The molecule has 1 fully saturated rings. The van der Waals surface area contributed by atoms with E-state index in [-0.39, 0.29) is 17.9 Å². The third-order valence-electron chi connectivity index (χ3n) is 3.36. The molecule has 1 aromatic carbocycles. The molecule has 0 aromatic heterocycles. The predicted octanol–water partition coefficient (Wildman–Crippen LogP) is 1.28. The van der Waals surface area contributed by atoms with Crippen LogP contribution in [0.4, 0.5) is 0 Å². The number of aromatic hydroxyl groups is 2. The summed E-state index contributed by atoms with van der Waals surface area (Å²) in [6.45, 7) is 0. The van der Waals surface area contributed by atoms with Crippen LogP contribution in [-0.4, -0.2) is 38.3 Å². The van der Waals surface area contributed by atoms with Gasteiger partial charge in [0, 0.05) is 18.9 Å². The third-order valence-corrected chi connectivity index (χ3v) is 3.36. The number of carbonyl (C=O) groups is 1. The zero-order chi connectivity index (χ0) is 15.5. The molecule has 1 aliphatic rings. The Labute approximate surface area is 121 Å². The number of phenols is 2. The minimum Gasteiger partial charge on any atom is -0.504 e. The molecule has 1 aliphatic carbocycles. The van der Waals surface area contributed by atoms with Crippen molar-refractivity contribution in [2.75, 3.05) is 0 Å². The van der Waals surface area contributed by atoms with Gasteiger partial charge < -0.3 is 25.2 Å². The van der Waals surface area contributed by atoms with E-state index in [2.05, 4.69) is 0 Å². The van der Waals surface area contributed by atoms with Crippen LogP contribution in [0, 0.1) is 0 Å². The number of aliphatic hydroxyl groups excluding tert-OH is 1. The highest BCUT2D eigenvalue weighted by molar-refractivity contribution is 5.87. The number of benzene rings is 1. The van der Waals surface area contributed by atoms with Gasteiger partial charge in [0.25, 0.3) is 0 Å². The number of aliphatic hydroxyl groups is 2. The number of ether oxygens (including phenoxy) is 1. The van der Waals surface area contributed by atoms with E-state index in [1.54, 1.807) is 0 Å². The van der Waals surface area contributed by atoms with Crippen molar-refractivity contribution in [1.82, 2.24) is 0 Å². The van der Waals surface area contributed by atoms with Gasteiger partial charge in [-0.3, -0.25) is 0 Å². The molecular weight excluding hydrogens is 276 g/mol.